The molecule has 5 nitrogen and oxygen atoms in total. The van der Waals surface area contributed by atoms with Gasteiger partial charge >= 0.3 is 0 Å². The minimum atomic E-state index is -0.0970. The summed E-state index contributed by atoms with van der Waals surface area (Å²) in [6.07, 6.45) is 3.04. The SMILES string of the molecule is C=CCn1c(=NC(=O)CCCSc2ccccc2)sc2cc3c(cc21)OCCO3. The maximum Gasteiger partial charge on any atom is 0.248 e. The molecule has 1 aliphatic rings. The summed E-state index contributed by atoms with van der Waals surface area (Å²) in [4.78, 5) is 18.7. The molecule has 0 bridgehead atoms. The molecular formula is C22H22N2O3S2. The van der Waals surface area contributed by atoms with Crippen molar-refractivity contribution in [3.8, 4) is 11.5 Å². The molecule has 1 amide bonds. The second-order valence-electron chi connectivity index (χ2n) is 6.52. The molecular weight excluding hydrogens is 404 g/mol. The average molecular weight is 427 g/mol. The van der Waals surface area contributed by atoms with Gasteiger partial charge in [-0.05, 0) is 24.3 Å². The van der Waals surface area contributed by atoms with E-state index < -0.39 is 0 Å². The van der Waals surface area contributed by atoms with Crippen molar-refractivity contribution < 1.29 is 14.3 Å². The molecule has 0 radical (unpaired) electrons. The first-order chi connectivity index (χ1) is 14.2. The van der Waals surface area contributed by atoms with Crippen LogP contribution in [0.4, 0.5) is 0 Å². The summed E-state index contributed by atoms with van der Waals surface area (Å²) in [6, 6.07) is 14.1. The first-order valence-electron chi connectivity index (χ1n) is 9.54. The molecule has 0 saturated heterocycles. The van der Waals surface area contributed by atoms with E-state index in [0.717, 1.165) is 33.9 Å². The van der Waals surface area contributed by atoms with Gasteiger partial charge in [-0.15, -0.1) is 18.3 Å². The van der Waals surface area contributed by atoms with Gasteiger partial charge in [-0.1, -0.05) is 35.6 Å². The van der Waals surface area contributed by atoms with Crippen LogP contribution < -0.4 is 14.3 Å². The van der Waals surface area contributed by atoms with E-state index in [1.807, 2.05) is 41.0 Å². The van der Waals surface area contributed by atoms with Gasteiger partial charge < -0.3 is 14.0 Å². The zero-order valence-corrected chi connectivity index (χ0v) is 17.6. The lowest BCUT2D eigenvalue weighted by Gasteiger charge is -2.18. The van der Waals surface area contributed by atoms with Gasteiger partial charge in [0.15, 0.2) is 16.3 Å². The summed E-state index contributed by atoms with van der Waals surface area (Å²) in [5.74, 6) is 2.27. The number of hydrogen-bond donors (Lipinski definition) is 0. The van der Waals surface area contributed by atoms with E-state index in [1.165, 1.54) is 16.2 Å². The highest BCUT2D eigenvalue weighted by molar-refractivity contribution is 7.99. The van der Waals surface area contributed by atoms with Crippen LogP contribution in [-0.2, 0) is 11.3 Å². The van der Waals surface area contributed by atoms with Gasteiger partial charge in [-0.25, -0.2) is 0 Å². The van der Waals surface area contributed by atoms with Gasteiger partial charge in [-0.3, -0.25) is 4.79 Å². The van der Waals surface area contributed by atoms with E-state index in [-0.39, 0.29) is 5.91 Å². The standard InChI is InChI=1S/C22H22N2O3S2/c1-2-10-24-17-14-18-19(27-12-11-26-18)15-20(17)29-22(24)23-21(25)9-6-13-28-16-7-4-3-5-8-16/h2-5,7-8,14-15H,1,6,9-13H2. The van der Waals surface area contributed by atoms with Crippen molar-refractivity contribution in [3.05, 3.63) is 59.9 Å². The van der Waals surface area contributed by atoms with Gasteiger partial charge in [0, 0.05) is 30.0 Å². The number of carbonyl (C=O) groups excluding carboxylic acids is 1. The maximum atomic E-state index is 12.5. The van der Waals surface area contributed by atoms with Crippen molar-refractivity contribution in [1.82, 2.24) is 4.57 Å². The molecule has 0 saturated carbocycles. The quantitative estimate of drug-likeness (QED) is 0.313. The Morgan fingerprint density at radius 2 is 1.97 bits per heavy atom. The monoisotopic (exact) mass is 426 g/mol. The average Bonchev–Trinajstić information content (AvgIpc) is 3.06. The first kappa shape index (κ1) is 19.8. The second-order valence-corrected chi connectivity index (χ2v) is 8.70. The maximum absolute atomic E-state index is 12.5. The highest BCUT2D eigenvalue weighted by Gasteiger charge is 2.16. The van der Waals surface area contributed by atoms with Crippen molar-refractivity contribution in [2.24, 2.45) is 4.99 Å². The van der Waals surface area contributed by atoms with Crippen LogP contribution in [0.5, 0.6) is 11.5 Å². The van der Waals surface area contributed by atoms with Crippen molar-refractivity contribution in [3.63, 3.8) is 0 Å². The third-order valence-electron chi connectivity index (χ3n) is 4.43. The van der Waals surface area contributed by atoms with E-state index in [1.54, 1.807) is 11.8 Å². The molecule has 1 aliphatic heterocycles. The summed E-state index contributed by atoms with van der Waals surface area (Å²) in [6.45, 7) is 5.51. The molecule has 0 atom stereocenters. The predicted octanol–water partition coefficient (Wildman–Crippen LogP) is 4.66. The Labute approximate surface area is 177 Å². The van der Waals surface area contributed by atoms with Crippen LogP contribution >= 0.6 is 23.1 Å². The molecule has 29 heavy (non-hydrogen) atoms. The van der Waals surface area contributed by atoms with Gasteiger partial charge in [0.2, 0.25) is 5.91 Å². The van der Waals surface area contributed by atoms with E-state index in [9.17, 15) is 4.79 Å². The van der Waals surface area contributed by atoms with Crippen molar-refractivity contribution in [2.75, 3.05) is 19.0 Å². The largest absolute Gasteiger partial charge is 0.486 e. The minimum Gasteiger partial charge on any atom is -0.486 e. The summed E-state index contributed by atoms with van der Waals surface area (Å²) < 4.78 is 14.4. The number of allylic oxidation sites excluding steroid dienone is 1. The highest BCUT2D eigenvalue weighted by Crippen LogP contribution is 2.35. The zero-order chi connectivity index (χ0) is 20.1. The first-order valence-corrected chi connectivity index (χ1v) is 11.3. The topological polar surface area (TPSA) is 52.8 Å². The molecule has 2 aromatic carbocycles. The number of benzene rings is 2. The zero-order valence-electron chi connectivity index (χ0n) is 16.0. The predicted molar refractivity (Wildman–Crippen MR) is 118 cm³/mol. The van der Waals surface area contributed by atoms with Crippen molar-refractivity contribution >= 4 is 39.2 Å². The fraction of sp³-hybridized carbons (Fsp3) is 0.273. The van der Waals surface area contributed by atoms with Gasteiger partial charge in [0.25, 0.3) is 0 Å². The van der Waals surface area contributed by atoms with E-state index in [2.05, 4.69) is 23.7 Å². The summed E-state index contributed by atoms with van der Waals surface area (Å²) >= 11 is 3.25. The fourth-order valence-corrected chi connectivity index (χ4v) is 5.03. The number of amides is 1. The van der Waals surface area contributed by atoms with Gasteiger partial charge in [0.05, 0.1) is 10.2 Å². The Morgan fingerprint density at radius 3 is 2.72 bits per heavy atom. The summed E-state index contributed by atoms with van der Waals surface area (Å²) in [7, 11) is 0. The Balaban J connectivity index is 1.50. The lowest BCUT2D eigenvalue weighted by molar-refractivity contribution is -0.118. The number of nitrogens with zero attached hydrogens (tertiary/aromatic N) is 2. The Kier molecular flexibility index (Phi) is 6.36. The number of thioether (sulfide) groups is 1. The minimum absolute atomic E-state index is 0.0970. The van der Waals surface area contributed by atoms with Crippen LogP contribution in [-0.4, -0.2) is 29.4 Å². The Morgan fingerprint density at radius 1 is 1.21 bits per heavy atom. The number of thiazole rings is 1. The van der Waals surface area contributed by atoms with Gasteiger partial charge in [-0.2, -0.15) is 4.99 Å². The number of aromatic nitrogens is 1. The molecule has 4 rings (SSSR count). The molecule has 150 valence electrons. The summed E-state index contributed by atoms with van der Waals surface area (Å²) in [5, 5.41) is 0. The van der Waals surface area contributed by atoms with Crippen LogP contribution in [0, 0.1) is 0 Å². The van der Waals surface area contributed by atoms with Crippen LogP contribution in [0.25, 0.3) is 10.2 Å². The Bertz CT molecular complexity index is 1090. The van der Waals surface area contributed by atoms with Crippen LogP contribution in [0.2, 0.25) is 0 Å². The third-order valence-corrected chi connectivity index (χ3v) is 6.57. The molecule has 0 fully saturated rings. The van der Waals surface area contributed by atoms with E-state index in [4.69, 9.17) is 9.47 Å². The van der Waals surface area contributed by atoms with Crippen LogP contribution in [0.1, 0.15) is 12.8 Å². The normalized spacial score (nSPS) is 13.6. The molecule has 0 spiro atoms. The van der Waals surface area contributed by atoms with Crippen LogP contribution in [0.3, 0.4) is 0 Å². The number of ether oxygens (including phenoxy) is 2. The molecule has 0 N–H and O–H groups in total. The third kappa shape index (κ3) is 4.74. The number of fused-ring (bicyclic) bond motifs is 2. The highest BCUT2D eigenvalue weighted by atomic mass is 32.2. The van der Waals surface area contributed by atoms with Crippen molar-refractivity contribution in [1.29, 1.82) is 0 Å². The molecule has 3 aromatic rings. The summed E-state index contributed by atoms with van der Waals surface area (Å²) in [5.41, 5.74) is 0.977. The molecule has 7 heteroatoms. The van der Waals surface area contributed by atoms with Crippen LogP contribution in [0.15, 0.2) is 65.0 Å². The number of rotatable bonds is 7. The fourth-order valence-electron chi connectivity index (χ4n) is 3.09. The number of carbonyl (C=O) groups is 1. The molecule has 0 aliphatic carbocycles. The van der Waals surface area contributed by atoms with E-state index in [0.29, 0.717) is 31.0 Å². The molecule has 0 unspecified atom stereocenters. The second kappa shape index (κ2) is 9.33. The van der Waals surface area contributed by atoms with Crippen molar-refractivity contribution in [2.45, 2.75) is 24.3 Å². The van der Waals surface area contributed by atoms with Gasteiger partial charge in [0.1, 0.15) is 13.2 Å². The van der Waals surface area contributed by atoms with E-state index >= 15 is 0 Å². The Hall–Kier alpha value is -2.51. The lowest BCUT2D eigenvalue weighted by atomic mass is 10.2. The smallest absolute Gasteiger partial charge is 0.248 e. The number of hydrogen-bond acceptors (Lipinski definition) is 5. The molecule has 1 aromatic heterocycles. The molecule has 2 heterocycles. The lowest BCUT2D eigenvalue weighted by Crippen LogP contribution is -2.17.